The fraction of sp³-hybridized carbons (Fsp3) is 0.355. The first-order valence-corrected chi connectivity index (χ1v) is 14.4. The van der Waals surface area contributed by atoms with E-state index in [2.05, 4.69) is 35.8 Å². The Balaban J connectivity index is 1.27. The molecule has 2 aliphatic rings. The summed E-state index contributed by atoms with van der Waals surface area (Å²) in [5, 5.41) is 9.83. The van der Waals surface area contributed by atoms with Crippen LogP contribution in [0.25, 0.3) is 22.2 Å². The molecule has 41 heavy (non-hydrogen) atoms. The van der Waals surface area contributed by atoms with Crippen molar-refractivity contribution in [3.05, 3.63) is 71.0 Å². The van der Waals surface area contributed by atoms with E-state index in [0.29, 0.717) is 33.7 Å². The Morgan fingerprint density at radius 1 is 0.976 bits per heavy atom. The lowest BCUT2D eigenvalue weighted by Crippen LogP contribution is -2.27. The molecule has 2 fully saturated rings. The third-order valence-electron chi connectivity index (χ3n) is 7.94. The fourth-order valence-corrected chi connectivity index (χ4v) is 5.70. The molecule has 0 unspecified atom stereocenters. The molecule has 0 atom stereocenters. The average Bonchev–Trinajstić information content (AvgIpc) is 3.29. The lowest BCUT2D eigenvalue weighted by atomic mass is 9.88. The lowest BCUT2D eigenvalue weighted by molar-refractivity contribution is -0.120. The van der Waals surface area contributed by atoms with Crippen LogP contribution in [0.2, 0.25) is 0 Å². The maximum absolute atomic E-state index is 15.2. The van der Waals surface area contributed by atoms with Crippen LogP contribution < -0.4 is 26.4 Å². The van der Waals surface area contributed by atoms with Gasteiger partial charge in [-0.15, -0.1) is 0 Å². The predicted octanol–water partition coefficient (Wildman–Crippen LogP) is 5.19. The summed E-state index contributed by atoms with van der Waals surface area (Å²) in [5.41, 5.74) is 2.92. The van der Waals surface area contributed by atoms with Gasteiger partial charge < -0.3 is 25.8 Å². The van der Waals surface area contributed by atoms with Gasteiger partial charge in [0.05, 0.1) is 39.9 Å². The van der Waals surface area contributed by atoms with Crippen LogP contribution in [0.15, 0.2) is 59.7 Å². The highest BCUT2D eigenvalue weighted by Gasteiger charge is 2.22. The number of carbonyl (C=O) groups excluding carboxylic acids is 1. The van der Waals surface area contributed by atoms with Gasteiger partial charge in [-0.1, -0.05) is 25.3 Å². The van der Waals surface area contributed by atoms with Gasteiger partial charge in [-0.3, -0.25) is 9.59 Å². The third kappa shape index (κ3) is 6.07. The smallest absolute Gasteiger partial charge is 0.259 e. The molecule has 9 nitrogen and oxygen atoms in total. The van der Waals surface area contributed by atoms with Gasteiger partial charge in [-0.2, -0.15) is 0 Å². The summed E-state index contributed by atoms with van der Waals surface area (Å²) in [6, 6.07) is 12.0. The second kappa shape index (κ2) is 12.1. The Hall–Kier alpha value is -4.31. The van der Waals surface area contributed by atoms with Crippen molar-refractivity contribution in [2.45, 2.75) is 38.5 Å². The molecular formula is C31H34FN7O2. The number of halogens is 1. The maximum atomic E-state index is 15.2. The van der Waals surface area contributed by atoms with Crippen molar-refractivity contribution in [2.24, 2.45) is 5.92 Å². The van der Waals surface area contributed by atoms with Crippen molar-refractivity contribution >= 4 is 39.7 Å². The number of aromatic nitrogens is 3. The number of nitrogens with one attached hydrogen (secondary N) is 4. The number of aromatic amines is 1. The molecule has 3 aromatic heterocycles. The molecule has 0 radical (unpaired) electrons. The number of hydrogen-bond acceptors (Lipinski definition) is 7. The molecule has 1 amide bonds. The van der Waals surface area contributed by atoms with Gasteiger partial charge in [0, 0.05) is 37.3 Å². The standard InChI is InChI=1S/C31H34FN7O2/c32-23-17-21(7-9-24(23)38-30(40)20-5-2-1-3-6-20)26-18-27(29-25(36-26)11-13-34-31(29)41)37-28-10-8-22(19-35-28)39-15-4-12-33-14-16-39/h7-11,13,17-20,33H,1-6,12,14-16H2,(H,34,41)(H,38,40)(H,35,36,37). The zero-order chi connectivity index (χ0) is 28.2. The Bertz CT molecular complexity index is 1590. The third-order valence-corrected chi connectivity index (χ3v) is 7.94. The van der Waals surface area contributed by atoms with Crippen LogP contribution in [0.1, 0.15) is 38.5 Å². The summed E-state index contributed by atoms with van der Waals surface area (Å²) in [6.45, 7) is 3.83. The average molecular weight is 556 g/mol. The highest BCUT2D eigenvalue weighted by atomic mass is 19.1. The van der Waals surface area contributed by atoms with Gasteiger partial charge in [0.2, 0.25) is 5.91 Å². The summed E-state index contributed by atoms with van der Waals surface area (Å²) in [5.74, 6) is -0.150. The van der Waals surface area contributed by atoms with E-state index in [1.807, 2.05) is 18.3 Å². The number of fused-ring (bicyclic) bond motifs is 1. The van der Waals surface area contributed by atoms with E-state index in [0.717, 1.165) is 70.4 Å². The Morgan fingerprint density at radius 2 is 1.85 bits per heavy atom. The summed E-state index contributed by atoms with van der Waals surface area (Å²) < 4.78 is 15.2. The fourth-order valence-electron chi connectivity index (χ4n) is 5.70. The van der Waals surface area contributed by atoms with Crippen LogP contribution in [0, 0.1) is 11.7 Å². The van der Waals surface area contributed by atoms with Gasteiger partial charge >= 0.3 is 0 Å². The van der Waals surface area contributed by atoms with Crippen LogP contribution >= 0.6 is 0 Å². The van der Waals surface area contributed by atoms with E-state index in [-0.39, 0.29) is 23.1 Å². The van der Waals surface area contributed by atoms with Gasteiger partial charge in [0.25, 0.3) is 5.56 Å². The van der Waals surface area contributed by atoms with Crippen molar-refractivity contribution < 1.29 is 9.18 Å². The molecule has 0 spiro atoms. The zero-order valence-electron chi connectivity index (χ0n) is 22.9. The molecule has 1 saturated carbocycles. The van der Waals surface area contributed by atoms with Crippen LogP contribution in [0.4, 0.5) is 27.3 Å². The number of amides is 1. The predicted molar refractivity (Wildman–Crippen MR) is 160 cm³/mol. The minimum atomic E-state index is -0.532. The van der Waals surface area contributed by atoms with E-state index in [9.17, 15) is 9.59 Å². The van der Waals surface area contributed by atoms with E-state index >= 15 is 4.39 Å². The molecule has 4 N–H and O–H groups in total. The zero-order valence-corrected chi connectivity index (χ0v) is 22.9. The molecule has 212 valence electrons. The van der Waals surface area contributed by atoms with Gasteiger partial charge in [-0.25, -0.2) is 14.4 Å². The molecule has 1 aliphatic carbocycles. The highest BCUT2D eigenvalue weighted by Crippen LogP contribution is 2.31. The van der Waals surface area contributed by atoms with E-state index in [4.69, 9.17) is 0 Å². The summed E-state index contributed by atoms with van der Waals surface area (Å²) in [7, 11) is 0. The molecule has 1 aliphatic heterocycles. The van der Waals surface area contributed by atoms with Crippen LogP contribution in [-0.2, 0) is 4.79 Å². The first-order valence-electron chi connectivity index (χ1n) is 14.4. The first kappa shape index (κ1) is 26.9. The summed E-state index contributed by atoms with van der Waals surface area (Å²) >= 11 is 0. The van der Waals surface area contributed by atoms with Crippen LogP contribution in [0.5, 0.6) is 0 Å². The van der Waals surface area contributed by atoms with Gasteiger partial charge in [-0.05, 0) is 62.2 Å². The number of rotatable bonds is 6. The number of nitrogens with zero attached hydrogens (tertiary/aromatic N) is 3. The molecule has 6 rings (SSSR count). The van der Waals surface area contributed by atoms with Crippen molar-refractivity contribution in [3.8, 4) is 11.3 Å². The Kier molecular flexibility index (Phi) is 7.91. The van der Waals surface area contributed by atoms with E-state index in [1.165, 1.54) is 6.07 Å². The van der Waals surface area contributed by atoms with Crippen LogP contribution in [0.3, 0.4) is 0 Å². The number of hydrogen-bond donors (Lipinski definition) is 4. The van der Waals surface area contributed by atoms with Gasteiger partial charge in [0.15, 0.2) is 0 Å². The largest absolute Gasteiger partial charge is 0.369 e. The molecule has 4 aromatic rings. The molecule has 4 heterocycles. The summed E-state index contributed by atoms with van der Waals surface area (Å²) in [4.78, 5) is 39.7. The maximum Gasteiger partial charge on any atom is 0.259 e. The quantitative estimate of drug-likeness (QED) is 0.259. The van der Waals surface area contributed by atoms with E-state index < -0.39 is 5.82 Å². The molecule has 0 bridgehead atoms. The molecule has 10 heteroatoms. The molecule has 1 aromatic carbocycles. The first-order chi connectivity index (χ1) is 20.0. The number of H-pyrrole nitrogens is 1. The highest BCUT2D eigenvalue weighted by molar-refractivity contribution is 5.95. The number of benzene rings is 1. The van der Waals surface area contributed by atoms with Crippen molar-refractivity contribution in [3.63, 3.8) is 0 Å². The monoisotopic (exact) mass is 555 g/mol. The normalized spacial score (nSPS) is 16.4. The van der Waals surface area contributed by atoms with Crippen molar-refractivity contribution in [1.29, 1.82) is 0 Å². The molecular weight excluding hydrogens is 521 g/mol. The number of anilines is 4. The number of pyridine rings is 3. The second-order valence-corrected chi connectivity index (χ2v) is 10.8. The van der Waals surface area contributed by atoms with Crippen molar-refractivity contribution in [1.82, 2.24) is 20.3 Å². The SMILES string of the molecule is O=C(Nc1ccc(-c2cc(Nc3ccc(N4CCCNCC4)cn3)c3c(=O)[nH]ccc3n2)cc1F)C1CCCCC1. The minimum absolute atomic E-state index is 0.0688. The topological polar surface area (TPSA) is 115 Å². The Labute approximate surface area is 237 Å². The molecule has 1 saturated heterocycles. The van der Waals surface area contributed by atoms with Crippen molar-refractivity contribution in [2.75, 3.05) is 41.7 Å². The van der Waals surface area contributed by atoms with Gasteiger partial charge in [0.1, 0.15) is 11.6 Å². The van der Waals surface area contributed by atoms with E-state index in [1.54, 1.807) is 30.5 Å². The minimum Gasteiger partial charge on any atom is -0.369 e. The van der Waals surface area contributed by atoms with Crippen LogP contribution in [-0.4, -0.2) is 47.0 Å². The summed E-state index contributed by atoms with van der Waals surface area (Å²) in [6.07, 6.45) is 9.33. The second-order valence-electron chi connectivity index (χ2n) is 10.8. The Morgan fingerprint density at radius 3 is 2.66 bits per heavy atom. The number of carbonyl (C=O) groups is 1. The lowest BCUT2D eigenvalue weighted by Gasteiger charge is -2.22.